The molecule has 0 fully saturated rings. The highest BCUT2D eigenvalue weighted by Gasteiger charge is 2.02. The third-order valence-electron chi connectivity index (χ3n) is 2.33. The summed E-state index contributed by atoms with van der Waals surface area (Å²) in [5.74, 6) is -0.230. The molecule has 0 N–H and O–H groups in total. The van der Waals surface area contributed by atoms with Gasteiger partial charge >= 0.3 is 0 Å². The second-order valence-corrected chi connectivity index (χ2v) is 3.82. The largest absolute Gasteiger partial charge is 0.350 e. The predicted molar refractivity (Wildman–Crippen MR) is 58.4 cm³/mol. The number of rotatable bonds is 0. The molecule has 2 rings (SSSR count). The molecule has 0 aliphatic rings. The van der Waals surface area contributed by atoms with E-state index in [2.05, 4.69) is 0 Å². The highest BCUT2D eigenvalue weighted by molar-refractivity contribution is 7.71. The van der Waals surface area contributed by atoms with Gasteiger partial charge in [-0.3, -0.25) is 0 Å². The Morgan fingerprint density at radius 2 is 2.07 bits per heavy atom. The fraction of sp³-hybridized carbons (Fsp3) is 0.182. The summed E-state index contributed by atoms with van der Waals surface area (Å²) >= 11 is 5.26. The van der Waals surface area contributed by atoms with Crippen LogP contribution in [0.2, 0.25) is 0 Å². The molecule has 0 saturated heterocycles. The van der Waals surface area contributed by atoms with Crippen molar-refractivity contribution in [3.8, 4) is 0 Å². The molecule has 0 unspecified atom stereocenters. The van der Waals surface area contributed by atoms with Crippen molar-refractivity contribution in [2.75, 3.05) is 0 Å². The molecule has 0 amide bonds. The molecule has 0 aliphatic heterocycles. The van der Waals surface area contributed by atoms with Crippen LogP contribution < -0.4 is 0 Å². The van der Waals surface area contributed by atoms with Crippen molar-refractivity contribution >= 4 is 23.1 Å². The summed E-state index contributed by atoms with van der Waals surface area (Å²) in [5.41, 5.74) is 1.88. The zero-order valence-electron chi connectivity index (χ0n) is 8.04. The third-order valence-corrected chi connectivity index (χ3v) is 2.87. The Bertz CT molecular complexity index is 557. The number of hydrogen-bond donors (Lipinski definition) is 0. The average Bonchev–Trinajstić information content (AvgIpc) is 2.14. The Morgan fingerprint density at radius 3 is 2.79 bits per heavy atom. The van der Waals surface area contributed by atoms with Gasteiger partial charge in [0, 0.05) is 18.6 Å². The fourth-order valence-corrected chi connectivity index (χ4v) is 1.84. The second-order valence-electron chi connectivity index (χ2n) is 3.41. The zero-order valence-corrected chi connectivity index (χ0v) is 8.86. The van der Waals surface area contributed by atoms with E-state index in [0.717, 1.165) is 21.0 Å². The molecule has 0 aliphatic carbocycles. The molecular formula is C11H10FNS. The van der Waals surface area contributed by atoms with E-state index in [4.69, 9.17) is 12.2 Å². The predicted octanol–water partition coefficient (Wildman–Crippen LogP) is 3.36. The van der Waals surface area contributed by atoms with Gasteiger partial charge in [-0.2, -0.15) is 0 Å². The first-order valence-corrected chi connectivity index (χ1v) is 4.76. The fourth-order valence-electron chi connectivity index (χ4n) is 1.62. The molecular weight excluding hydrogens is 197 g/mol. The maximum Gasteiger partial charge on any atom is 0.125 e. The summed E-state index contributed by atoms with van der Waals surface area (Å²) in [6.07, 6.45) is 1.92. The maximum atomic E-state index is 13.0. The lowest BCUT2D eigenvalue weighted by Crippen LogP contribution is -1.95. The van der Waals surface area contributed by atoms with Gasteiger partial charge in [0.2, 0.25) is 0 Å². The van der Waals surface area contributed by atoms with Crippen LogP contribution in [0.4, 0.5) is 4.39 Å². The van der Waals surface area contributed by atoms with E-state index < -0.39 is 0 Å². The summed E-state index contributed by atoms with van der Waals surface area (Å²) in [4.78, 5) is 0. The summed E-state index contributed by atoms with van der Waals surface area (Å²) in [5, 5.41) is 0.934. The molecule has 0 saturated carbocycles. The van der Waals surface area contributed by atoms with Gasteiger partial charge in [-0.1, -0.05) is 12.2 Å². The van der Waals surface area contributed by atoms with Crippen molar-refractivity contribution in [3.05, 3.63) is 40.3 Å². The smallest absolute Gasteiger partial charge is 0.125 e. The van der Waals surface area contributed by atoms with E-state index in [1.54, 1.807) is 6.07 Å². The van der Waals surface area contributed by atoms with Crippen molar-refractivity contribution in [1.29, 1.82) is 0 Å². The molecule has 3 heteroatoms. The minimum absolute atomic E-state index is 0.230. The highest BCUT2D eigenvalue weighted by atomic mass is 32.1. The van der Waals surface area contributed by atoms with Crippen molar-refractivity contribution < 1.29 is 4.39 Å². The quantitative estimate of drug-likeness (QED) is 0.600. The van der Waals surface area contributed by atoms with Gasteiger partial charge in [0.15, 0.2) is 0 Å². The molecule has 0 radical (unpaired) electrons. The van der Waals surface area contributed by atoms with Gasteiger partial charge < -0.3 is 4.57 Å². The number of benzene rings is 1. The number of aryl methyl sites for hydroxylation is 2. The van der Waals surface area contributed by atoms with Crippen LogP contribution in [0.3, 0.4) is 0 Å². The molecule has 72 valence electrons. The Balaban J connectivity index is 3.02. The normalized spacial score (nSPS) is 10.8. The SMILES string of the molecule is Cc1cn(C)c2cc(F)ccc2c1=S. The average molecular weight is 207 g/mol. The molecule has 0 bridgehead atoms. The lowest BCUT2D eigenvalue weighted by Gasteiger charge is -2.07. The number of aromatic nitrogens is 1. The van der Waals surface area contributed by atoms with E-state index in [1.165, 1.54) is 12.1 Å². The van der Waals surface area contributed by atoms with Crippen molar-refractivity contribution in [1.82, 2.24) is 4.57 Å². The van der Waals surface area contributed by atoms with E-state index >= 15 is 0 Å². The van der Waals surface area contributed by atoms with E-state index in [-0.39, 0.29) is 5.82 Å². The summed E-state index contributed by atoms with van der Waals surface area (Å²) in [6.45, 7) is 1.96. The second kappa shape index (κ2) is 3.17. The van der Waals surface area contributed by atoms with Crippen LogP contribution >= 0.6 is 12.2 Å². The Kier molecular flexibility index (Phi) is 2.11. The maximum absolute atomic E-state index is 13.0. The van der Waals surface area contributed by atoms with Gasteiger partial charge in [-0.15, -0.1) is 0 Å². The lowest BCUT2D eigenvalue weighted by atomic mass is 10.1. The van der Waals surface area contributed by atoms with Crippen LogP contribution in [-0.2, 0) is 7.05 Å². The molecule has 14 heavy (non-hydrogen) atoms. The number of pyridine rings is 1. The van der Waals surface area contributed by atoms with Crippen LogP contribution in [0, 0.1) is 17.3 Å². The minimum atomic E-state index is -0.230. The van der Waals surface area contributed by atoms with Crippen molar-refractivity contribution in [2.45, 2.75) is 6.92 Å². The molecule has 1 aromatic heterocycles. The van der Waals surface area contributed by atoms with Gasteiger partial charge in [0.25, 0.3) is 0 Å². The number of halogens is 1. The van der Waals surface area contributed by atoms with Crippen molar-refractivity contribution in [2.24, 2.45) is 7.05 Å². The Labute approximate surface area is 86.8 Å². The van der Waals surface area contributed by atoms with Crippen LogP contribution in [0.5, 0.6) is 0 Å². The summed E-state index contributed by atoms with van der Waals surface area (Å²) in [7, 11) is 1.89. The number of fused-ring (bicyclic) bond motifs is 1. The van der Waals surface area contributed by atoms with Crippen LogP contribution in [0.15, 0.2) is 24.4 Å². The van der Waals surface area contributed by atoms with E-state index in [9.17, 15) is 4.39 Å². The summed E-state index contributed by atoms with van der Waals surface area (Å²) in [6, 6.07) is 4.68. The van der Waals surface area contributed by atoms with Crippen molar-refractivity contribution in [3.63, 3.8) is 0 Å². The molecule has 0 spiro atoms. The van der Waals surface area contributed by atoms with Crippen LogP contribution in [-0.4, -0.2) is 4.57 Å². The van der Waals surface area contributed by atoms with Gasteiger partial charge in [-0.05, 0) is 30.7 Å². The standard InChI is InChI=1S/C11H10FNS/c1-7-6-13(2)10-5-8(12)3-4-9(10)11(7)14/h3-6H,1-2H3. The highest BCUT2D eigenvalue weighted by Crippen LogP contribution is 2.18. The zero-order chi connectivity index (χ0) is 10.3. The lowest BCUT2D eigenvalue weighted by molar-refractivity contribution is 0.628. The number of nitrogens with zero attached hydrogens (tertiary/aromatic N) is 1. The number of hydrogen-bond acceptors (Lipinski definition) is 1. The molecule has 0 atom stereocenters. The van der Waals surface area contributed by atoms with Gasteiger partial charge in [0.1, 0.15) is 5.82 Å². The van der Waals surface area contributed by atoms with Gasteiger partial charge in [-0.25, -0.2) is 4.39 Å². The first kappa shape index (κ1) is 9.34. The van der Waals surface area contributed by atoms with Crippen LogP contribution in [0.1, 0.15) is 5.56 Å². The molecule has 1 heterocycles. The summed E-state index contributed by atoms with van der Waals surface area (Å²) < 4.78 is 15.7. The first-order chi connectivity index (χ1) is 6.59. The van der Waals surface area contributed by atoms with Crippen LogP contribution in [0.25, 0.3) is 10.9 Å². The Hall–Kier alpha value is -1.22. The topological polar surface area (TPSA) is 4.93 Å². The molecule has 1 aromatic carbocycles. The molecule has 1 nitrogen and oxygen atoms in total. The third kappa shape index (κ3) is 1.34. The monoisotopic (exact) mass is 207 g/mol. The minimum Gasteiger partial charge on any atom is -0.350 e. The van der Waals surface area contributed by atoms with E-state index in [0.29, 0.717) is 0 Å². The first-order valence-electron chi connectivity index (χ1n) is 4.35. The Morgan fingerprint density at radius 1 is 1.36 bits per heavy atom. The van der Waals surface area contributed by atoms with Gasteiger partial charge in [0.05, 0.1) is 10.0 Å². The molecule has 2 aromatic rings. The van der Waals surface area contributed by atoms with E-state index in [1.807, 2.05) is 24.7 Å².